The Morgan fingerprint density at radius 2 is 1.94 bits per heavy atom. The first-order valence-corrected chi connectivity index (χ1v) is 12.4. The molecular weight excluding hydrogens is 480 g/mol. The smallest absolute Gasteiger partial charge is 0.338 e. The van der Waals surface area contributed by atoms with Gasteiger partial charge in [-0.05, 0) is 69.2 Å². The van der Waals surface area contributed by atoms with Gasteiger partial charge in [0.15, 0.2) is 16.3 Å². The summed E-state index contributed by atoms with van der Waals surface area (Å²) in [6, 6.07) is 11.5. The first kappa shape index (κ1) is 25.2. The molecule has 0 unspecified atom stereocenters. The van der Waals surface area contributed by atoms with Crippen molar-refractivity contribution in [2.75, 3.05) is 13.7 Å². The van der Waals surface area contributed by atoms with E-state index in [-0.39, 0.29) is 24.0 Å². The van der Waals surface area contributed by atoms with E-state index in [0.717, 1.165) is 5.56 Å². The number of hydrogen-bond donors (Lipinski definition) is 1. The van der Waals surface area contributed by atoms with Crippen molar-refractivity contribution < 1.29 is 24.1 Å². The third kappa shape index (κ3) is 4.92. The van der Waals surface area contributed by atoms with Crippen LogP contribution in [0.2, 0.25) is 0 Å². The number of benzene rings is 2. The Labute approximate surface area is 212 Å². The topological polar surface area (TPSA) is 99.4 Å². The molecule has 8 nitrogen and oxygen atoms in total. The summed E-state index contributed by atoms with van der Waals surface area (Å²) in [5.74, 6) is 0.494. The molecule has 0 amide bonds. The highest BCUT2D eigenvalue weighted by atomic mass is 32.1. The second-order valence-corrected chi connectivity index (χ2v) is 9.48. The number of fused-ring (bicyclic) bond motifs is 1. The molecule has 1 N–H and O–H groups in total. The van der Waals surface area contributed by atoms with Crippen LogP contribution >= 0.6 is 11.3 Å². The summed E-state index contributed by atoms with van der Waals surface area (Å²) >= 11 is 1.22. The number of allylic oxidation sites excluding steroid dienone is 1. The van der Waals surface area contributed by atoms with E-state index in [1.54, 1.807) is 32.1 Å². The molecular formula is C27H28N2O6S. The number of aromatic hydroxyl groups is 1. The monoisotopic (exact) mass is 508 g/mol. The molecule has 9 heteroatoms. The number of phenols is 1. The normalized spacial score (nSPS) is 15.5. The molecule has 0 saturated carbocycles. The van der Waals surface area contributed by atoms with E-state index in [9.17, 15) is 14.7 Å². The second-order valence-electron chi connectivity index (χ2n) is 8.47. The molecule has 0 aliphatic carbocycles. The molecule has 188 valence electrons. The van der Waals surface area contributed by atoms with Crippen LogP contribution in [0, 0.1) is 0 Å². The van der Waals surface area contributed by atoms with Gasteiger partial charge < -0.3 is 19.3 Å². The summed E-state index contributed by atoms with van der Waals surface area (Å²) in [6.45, 7) is 7.57. The first-order chi connectivity index (χ1) is 17.2. The van der Waals surface area contributed by atoms with Crippen LogP contribution in [0.5, 0.6) is 17.2 Å². The minimum atomic E-state index is -0.708. The zero-order valence-electron chi connectivity index (χ0n) is 20.8. The lowest BCUT2D eigenvalue weighted by Gasteiger charge is -2.25. The number of hydrogen-bond acceptors (Lipinski definition) is 8. The molecule has 2 aromatic carbocycles. The van der Waals surface area contributed by atoms with E-state index in [4.69, 9.17) is 14.2 Å². The van der Waals surface area contributed by atoms with Crippen LogP contribution in [-0.2, 0) is 9.53 Å². The average molecular weight is 509 g/mol. The van der Waals surface area contributed by atoms with Gasteiger partial charge in [-0.3, -0.25) is 9.36 Å². The number of thiazole rings is 1. The highest BCUT2D eigenvalue weighted by Gasteiger charge is 2.33. The van der Waals surface area contributed by atoms with Gasteiger partial charge in [-0.15, -0.1) is 0 Å². The van der Waals surface area contributed by atoms with Gasteiger partial charge in [0.1, 0.15) is 5.75 Å². The Morgan fingerprint density at radius 1 is 1.22 bits per heavy atom. The van der Waals surface area contributed by atoms with E-state index >= 15 is 0 Å². The minimum Gasteiger partial charge on any atom is -0.504 e. The zero-order chi connectivity index (χ0) is 26.0. The van der Waals surface area contributed by atoms with Crippen LogP contribution in [0.4, 0.5) is 0 Å². The highest BCUT2D eigenvalue weighted by Crippen LogP contribution is 2.32. The fraction of sp³-hybridized carbons (Fsp3) is 0.296. The molecule has 1 aliphatic rings. The fourth-order valence-corrected chi connectivity index (χ4v) is 5.10. The van der Waals surface area contributed by atoms with Crippen molar-refractivity contribution >= 4 is 23.4 Å². The van der Waals surface area contributed by atoms with Crippen LogP contribution in [0.25, 0.3) is 6.08 Å². The SMILES string of the molecule is CCOC(=O)C1=C(C)N=c2s/c(=C\c3ccc(OC)c(O)c3)c(=O)n2[C@H]1c1ccc(OC(C)C)cc1. The Morgan fingerprint density at radius 3 is 2.56 bits per heavy atom. The maximum absolute atomic E-state index is 13.7. The third-order valence-electron chi connectivity index (χ3n) is 5.59. The number of phenolic OH excluding ortho intramolecular Hbond substituents is 1. The molecule has 0 spiro atoms. The van der Waals surface area contributed by atoms with E-state index in [0.29, 0.717) is 37.7 Å². The molecule has 0 bridgehead atoms. The Kier molecular flexibility index (Phi) is 7.30. The van der Waals surface area contributed by atoms with Crippen LogP contribution in [-0.4, -0.2) is 35.5 Å². The molecule has 2 heterocycles. The Hall–Kier alpha value is -3.85. The molecule has 0 radical (unpaired) electrons. The summed E-state index contributed by atoms with van der Waals surface area (Å²) < 4.78 is 18.1. The maximum atomic E-state index is 13.7. The summed E-state index contributed by atoms with van der Waals surface area (Å²) in [4.78, 5) is 31.7. The van der Waals surface area contributed by atoms with Crippen molar-refractivity contribution in [1.82, 2.24) is 4.57 Å². The number of aromatic nitrogens is 1. The van der Waals surface area contributed by atoms with Crippen LogP contribution in [0.3, 0.4) is 0 Å². The lowest BCUT2D eigenvalue weighted by atomic mass is 9.96. The highest BCUT2D eigenvalue weighted by molar-refractivity contribution is 7.07. The molecule has 36 heavy (non-hydrogen) atoms. The van der Waals surface area contributed by atoms with Crippen molar-refractivity contribution in [3.63, 3.8) is 0 Å². The summed E-state index contributed by atoms with van der Waals surface area (Å²) in [6.07, 6.45) is 1.70. The number of carbonyl (C=O) groups excluding carboxylic acids is 1. The fourth-order valence-electron chi connectivity index (χ4n) is 4.06. The van der Waals surface area contributed by atoms with Gasteiger partial charge in [0, 0.05) is 0 Å². The first-order valence-electron chi connectivity index (χ1n) is 11.6. The van der Waals surface area contributed by atoms with Crippen molar-refractivity contribution in [2.45, 2.75) is 39.8 Å². The van der Waals surface area contributed by atoms with Gasteiger partial charge >= 0.3 is 5.97 Å². The predicted molar refractivity (Wildman–Crippen MR) is 137 cm³/mol. The van der Waals surface area contributed by atoms with Gasteiger partial charge in [-0.2, -0.15) is 0 Å². The van der Waals surface area contributed by atoms with Gasteiger partial charge in [0.05, 0.1) is 41.7 Å². The molecule has 1 aliphatic heterocycles. The predicted octanol–water partition coefficient (Wildman–Crippen LogP) is 3.30. The standard InChI is InChI=1S/C27H28N2O6S/c1-6-34-26(32)23-16(4)28-27-29(24(23)18-8-10-19(11-9-18)35-15(2)3)25(31)22(36-27)14-17-7-12-21(33-5)20(30)13-17/h7-15,24,30H,6H2,1-5H3/b22-14-/t24-/m0/s1. The van der Waals surface area contributed by atoms with Crippen molar-refractivity contribution in [1.29, 1.82) is 0 Å². The number of rotatable bonds is 7. The number of carbonyl (C=O) groups is 1. The quantitative estimate of drug-likeness (QED) is 0.492. The van der Waals surface area contributed by atoms with Gasteiger partial charge in [0.2, 0.25) is 0 Å². The number of ether oxygens (including phenoxy) is 3. The number of esters is 1. The molecule has 3 aromatic rings. The lowest BCUT2D eigenvalue weighted by molar-refractivity contribution is -0.139. The van der Waals surface area contributed by atoms with Crippen molar-refractivity contribution in [2.24, 2.45) is 4.99 Å². The Bertz CT molecular complexity index is 1500. The largest absolute Gasteiger partial charge is 0.504 e. The zero-order valence-corrected chi connectivity index (χ0v) is 21.6. The van der Waals surface area contributed by atoms with E-state index in [1.807, 2.05) is 38.1 Å². The molecule has 1 aromatic heterocycles. The van der Waals surface area contributed by atoms with Crippen LogP contribution in [0.15, 0.2) is 63.5 Å². The van der Waals surface area contributed by atoms with Gasteiger partial charge in [0.25, 0.3) is 5.56 Å². The summed E-state index contributed by atoms with van der Waals surface area (Å²) in [7, 11) is 1.47. The second kappa shape index (κ2) is 10.4. The number of methoxy groups -OCH3 is 1. The molecule has 1 atom stereocenters. The van der Waals surface area contributed by atoms with E-state index in [2.05, 4.69) is 4.99 Å². The van der Waals surface area contributed by atoms with Crippen molar-refractivity contribution in [3.8, 4) is 17.2 Å². The summed E-state index contributed by atoms with van der Waals surface area (Å²) in [5.41, 5.74) is 1.88. The summed E-state index contributed by atoms with van der Waals surface area (Å²) in [5, 5.41) is 10.1. The lowest BCUT2D eigenvalue weighted by Crippen LogP contribution is -2.39. The molecule has 4 rings (SSSR count). The van der Waals surface area contributed by atoms with Gasteiger partial charge in [-0.25, -0.2) is 9.79 Å². The van der Waals surface area contributed by atoms with E-state index < -0.39 is 12.0 Å². The third-order valence-corrected chi connectivity index (χ3v) is 6.57. The van der Waals surface area contributed by atoms with Crippen LogP contribution < -0.4 is 24.4 Å². The number of nitrogens with zero attached hydrogens (tertiary/aromatic N) is 2. The Balaban J connectivity index is 1.88. The molecule has 0 fully saturated rings. The van der Waals surface area contributed by atoms with E-state index in [1.165, 1.54) is 29.1 Å². The van der Waals surface area contributed by atoms with Crippen molar-refractivity contribution in [3.05, 3.63) is 84.5 Å². The van der Waals surface area contributed by atoms with Crippen LogP contribution in [0.1, 0.15) is 44.9 Å². The minimum absolute atomic E-state index is 0.0168. The molecule has 0 saturated heterocycles. The maximum Gasteiger partial charge on any atom is 0.338 e. The van der Waals surface area contributed by atoms with Gasteiger partial charge in [-0.1, -0.05) is 29.5 Å². The average Bonchev–Trinajstić information content (AvgIpc) is 3.13.